The molecule has 1 aliphatic rings. The van der Waals surface area contributed by atoms with Crippen LogP contribution in [0.25, 0.3) is 16.9 Å². The van der Waals surface area contributed by atoms with Crippen LogP contribution in [0.5, 0.6) is 0 Å². The maximum Gasteiger partial charge on any atom is 0.156 e. The van der Waals surface area contributed by atoms with Crippen LogP contribution in [0.15, 0.2) is 30.3 Å². The first-order valence-corrected chi connectivity index (χ1v) is 7.17. The largest absolute Gasteiger partial charge is 0.234 e. The van der Waals surface area contributed by atoms with E-state index >= 15 is 0 Å². The van der Waals surface area contributed by atoms with Gasteiger partial charge in [-0.25, -0.2) is 9.50 Å². The number of hydrogen-bond donors (Lipinski definition) is 0. The summed E-state index contributed by atoms with van der Waals surface area (Å²) in [5.41, 5.74) is 8.33. The predicted molar refractivity (Wildman–Crippen MR) is 79.9 cm³/mol. The van der Waals surface area contributed by atoms with Gasteiger partial charge in [-0.15, -0.1) is 0 Å². The molecule has 0 bridgehead atoms. The second-order valence-electron chi connectivity index (χ2n) is 5.64. The molecule has 2 heterocycles. The van der Waals surface area contributed by atoms with Crippen molar-refractivity contribution in [2.24, 2.45) is 0 Å². The minimum atomic E-state index is 0.971. The maximum atomic E-state index is 4.78. The molecule has 0 unspecified atom stereocenters. The molecule has 0 spiro atoms. The number of rotatable bonds is 1. The molecule has 20 heavy (non-hydrogen) atoms. The van der Waals surface area contributed by atoms with E-state index in [2.05, 4.69) is 44.2 Å². The van der Waals surface area contributed by atoms with Crippen LogP contribution in [0.3, 0.4) is 0 Å². The molecule has 4 rings (SSSR count). The fraction of sp³-hybridized carbons (Fsp3) is 0.294. The summed E-state index contributed by atoms with van der Waals surface area (Å²) in [4.78, 5) is 4.71. The predicted octanol–water partition coefficient (Wildman–Crippen LogP) is 3.50. The van der Waals surface area contributed by atoms with Crippen molar-refractivity contribution in [3.8, 4) is 11.3 Å². The van der Waals surface area contributed by atoms with Crippen LogP contribution in [0.1, 0.15) is 28.9 Å². The van der Waals surface area contributed by atoms with Crippen molar-refractivity contribution in [3.63, 3.8) is 0 Å². The van der Waals surface area contributed by atoms with Crippen LogP contribution >= 0.6 is 0 Å². The molecule has 2 aromatic heterocycles. The Morgan fingerprint density at radius 1 is 1.05 bits per heavy atom. The molecule has 0 saturated heterocycles. The van der Waals surface area contributed by atoms with Crippen molar-refractivity contribution in [2.45, 2.75) is 33.1 Å². The molecule has 0 atom stereocenters. The SMILES string of the molecule is Cc1ccc(-c2cc3nc(C)c4c(n3n2)CCC4)cc1. The third-order valence-corrected chi connectivity index (χ3v) is 4.20. The Labute approximate surface area is 118 Å². The molecule has 0 fully saturated rings. The van der Waals surface area contributed by atoms with Gasteiger partial charge in [0.1, 0.15) is 0 Å². The summed E-state index contributed by atoms with van der Waals surface area (Å²) in [5, 5.41) is 4.78. The van der Waals surface area contributed by atoms with Crippen LogP contribution < -0.4 is 0 Å². The summed E-state index contributed by atoms with van der Waals surface area (Å²) in [7, 11) is 0. The van der Waals surface area contributed by atoms with Crippen molar-refractivity contribution >= 4 is 5.65 Å². The normalized spacial score (nSPS) is 13.9. The van der Waals surface area contributed by atoms with Gasteiger partial charge >= 0.3 is 0 Å². The van der Waals surface area contributed by atoms with E-state index in [-0.39, 0.29) is 0 Å². The fourth-order valence-corrected chi connectivity index (χ4v) is 3.11. The second kappa shape index (κ2) is 4.17. The van der Waals surface area contributed by atoms with Gasteiger partial charge in [0.15, 0.2) is 5.65 Å². The Kier molecular flexibility index (Phi) is 2.43. The van der Waals surface area contributed by atoms with Crippen LogP contribution in [-0.2, 0) is 12.8 Å². The van der Waals surface area contributed by atoms with E-state index in [1.165, 1.54) is 28.9 Å². The molecule has 0 radical (unpaired) electrons. The summed E-state index contributed by atoms with van der Waals surface area (Å²) >= 11 is 0. The van der Waals surface area contributed by atoms with Gasteiger partial charge in [-0.1, -0.05) is 29.8 Å². The van der Waals surface area contributed by atoms with Gasteiger partial charge in [0.05, 0.1) is 5.69 Å². The quantitative estimate of drug-likeness (QED) is 0.672. The van der Waals surface area contributed by atoms with Crippen molar-refractivity contribution in [1.82, 2.24) is 14.6 Å². The third kappa shape index (κ3) is 1.66. The zero-order valence-electron chi connectivity index (χ0n) is 11.8. The van der Waals surface area contributed by atoms with E-state index in [9.17, 15) is 0 Å². The molecular weight excluding hydrogens is 246 g/mol. The van der Waals surface area contributed by atoms with E-state index in [4.69, 9.17) is 10.1 Å². The van der Waals surface area contributed by atoms with E-state index in [0.29, 0.717) is 0 Å². The van der Waals surface area contributed by atoms with Crippen LogP contribution in [0, 0.1) is 13.8 Å². The molecule has 0 saturated carbocycles. The summed E-state index contributed by atoms with van der Waals surface area (Å²) in [6.45, 7) is 4.22. The monoisotopic (exact) mass is 263 g/mol. The number of hydrogen-bond acceptors (Lipinski definition) is 2. The van der Waals surface area contributed by atoms with E-state index in [1.807, 2.05) is 4.52 Å². The van der Waals surface area contributed by atoms with Gasteiger partial charge in [-0.3, -0.25) is 0 Å². The first-order chi connectivity index (χ1) is 9.72. The average molecular weight is 263 g/mol. The fourth-order valence-electron chi connectivity index (χ4n) is 3.11. The molecular formula is C17H17N3. The molecule has 1 aliphatic carbocycles. The highest BCUT2D eigenvalue weighted by molar-refractivity contribution is 5.65. The zero-order valence-corrected chi connectivity index (χ0v) is 11.8. The number of fused-ring (bicyclic) bond motifs is 3. The van der Waals surface area contributed by atoms with Crippen molar-refractivity contribution in [3.05, 3.63) is 52.8 Å². The molecule has 0 aliphatic heterocycles. The molecule has 3 aromatic rings. The Morgan fingerprint density at radius 3 is 2.65 bits per heavy atom. The van der Waals surface area contributed by atoms with Crippen LogP contribution in [0.4, 0.5) is 0 Å². The highest BCUT2D eigenvalue weighted by Crippen LogP contribution is 2.27. The Hall–Kier alpha value is -2.16. The lowest BCUT2D eigenvalue weighted by Crippen LogP contribution is -2.02. The minimum Gasteiger partial charge on any atom is -0.234 e. The summed E-state index contributed by atoms with van der Waals surface area (Å²) < 4.78 is 2.05. The van der Waals surface area contributed by atoms with Crippen LogP contribution in [-0.4, -0.2) is 14.6 Å². The van der Waals surface area contributed by atoms with Gasteiger partial charge < -0.3 is 0 Å². The van der Waals surface area contributed by atoms with Gasteiger partial charge in [0.25, 0.3) is 0 Å². The number of aromatic nitrogens is 3. The Balaban J connectivity index is 1.93. The van der Waals surface area contributed by atoms with E-state index < -0.39 is 0 Å². The Morgan fingerprint density at radius 2 is 1.85 bits per heavy atom. The van der Waals surface area contributed by atoms with Crippen molar-refractivity contribution in [2.75, 3.05) is 0 Å². The average Bonchev–Trinajstić information content (AvgIpc) is 3.05. The third-order valence-electron chi connectivity index (χ3n) is 4.20. The molecule has 1 aromatic carbocycles. The molecule has 3 heteroatoms. The maximum absolute atomic E-state index is 4.78. The second-order valence-corrected chi connectivity index (χ2v) is 5.64. The molecule has 0 N–H and O–H groups in total. The smallest absolute Gasteiger partial charge is 0.156 e. The summed E-state index contributed by atoms with van der Waals surface area (Å²) in [6.07, 6.45) is 3.48. The van der Waals surface area contributed by atoms with E-state index in [0.717, 1.165) is 29.7 Å². The summed E-state index contributed by atoms with van der Waals surface area (Å²) in [6, 6.07) is 10.6. The number of nitrogens with zero attached hydrogens (tertiary/aromatic N) is 3. The van der Waals surface area contributed by atoms with Gasteiger partial charge in [-0.05, 0) is 38.7 Å². The lowest BCUT2D eigenvalue weighted by atomic mass is 10.1. The van der Waals surface area contributed by atoms with Crippen molar-refractivity contribution in [1.29, 1.82) is 0 Å². The first-order valence-electron chi connectivity index (χ1n) is 7.17. The van der Waals surface area contributed by atoms with Gasteiger partial charge in [0, 0.05) is 23.0 Å². The highest BCUT2D eigenvalue weighted by Gasteiger charge is 2.19. The highest BCUT2D eigenvalue weighted by atomic mass is 15.3. The van der Waals surface area contributed by atoms with Gasteiger partial charge in [0.2, 0.25) is 0 Å². The van der Waals surface area contributed by atoms with Gasteiger partial charge in [-0.2, -0.15) is 5.10 Å². The lowest BCUT2D eigenvalue weighted by Gasteiger charge is -2.05. The Bertz CT molecular complexity index is 797. The molecule has 100 valence electrons. The summed E-state index contributed by atoms with van der Waals surface area (Å²) in [5.74, 6) is 0. The lowest BCUT2D eigenvalue weighted by molar-refractivity contribution is 0.837. The molecule has 0 amide bonds. The van der Waals surface area contributed by atoms with Crippen LogP contribution in [0.2, 0.25) is 0 Å². The number of benzene rings is 1. The van der Waals surface area contributed by atoms with Crippen molar-refractivity contribution < 1.29 is 0 Å². The number of aryl methyl sites for hydroxylation is 3. The first kappa shape index (κ1) is 11.6. The topological polar surface area (TPSA) is 30.2 Å². The zero-order chi connectivity index (χ0) is 13.7. The standard InChI is InChI=1S/C17H17N3/c1-11-6-8-13(9-7-11)15-10-17-18-12(2)14-4-3-5-16(14)20(17)19-15/h6-10H,3-5H2,1-2H3. The molecule has 3 nitrogen and oxygen atoms in total. The minimum absolute atomic E-state index is 0.971. The van der Waals surface area contributed by atoms with E-state index in [1.54, 1.807) is 0 Å².